The first-order valence-corrected chi connectivity index (χ1v) is 7.33. The fraction of sp³-hybridized carbons (Fsp3) is 0.471. The number of carboxylic acids is 1. The standard InChI is InChI=1S/C17H21ClO3/c1-5-7-10-17(12(3)4,16(19)20)13-8-9-15(21-6-2)14(18)11-13/h8-9,11-12H,6,10H2,1-4H3,(H,19,20). The number of ether oxygens (including phenoxy) is 1. The number of carbonyl (C=O) groups is 1. The predicted molar refractivity (Wildman–Crippen MR) is 84.8 cm³/mol. The zero-order chi connectivity index (χ0) is 16.0. The normalized spacial score (nSPS) is 13.2. The Hall–Kier alpha value is -1.66. The number of aliphatic carboxylic acids is 1. The van der Waals surface area contributed by atoms with Crippen LogP contribution in [0.5, 0.6) is 5.75 Å². The lowest BCUT2D eigenvalue weighted by atomic mass is 9.69. The van der Waals surface area contributed by atoms with Crippen LogP contribution >= 0.6 is 11.6 Å². The van der Waals surface area contributed by atoms with Gasteiger partial charge in [0.15, 0.2) is 0 Å². The molecule has 3 nitrogen and oxygen atoms in total. The quantitative estimate of drug-likeness (QED) is 0.804. The van der Waals surface area contributed by atoms with E-state index in [0.717, 1.165) is 0 Å². The number of rotatable bonds is 6. The highest BCUT2D eigenvalue weighted by atomic mass is 35.5. The average molecular weight is 309 g/mol. The Morgan fingerprint density at radius 3 is 2.57 bits per heavy atom. The van der Waals surface area contributed by atoms with Crippen molar-refractivity contribution in [1.82, 2.24) is 0 Å². The molecule has 0 bridgehead atoms. The summed E-state index contributed by atoms with van der Waals surface area (Å²) in [7, 11) is 0. The summed E-state index contributed by atoms with van der Waals surface area (Å²) in [4.78, 5) is 11.9. The molecule has 0 heterocycles. The van der Waals surface area contributed by atoms with Crippen LogP contribution in [-0.2, 0) is 10.2 Å². The van der Waals surface area contributed by atoms with Crippen molar-refractivity contribution in [2.45, 2.75) is 39.5 Å². The van der Waals surface area contributed by atoms with Gasteiger partial charge in [-0.05, 0) is 37.5 Å². The largest absolute Gasteiger partial charge is 0.492 e. The molecule has 0 aliphatic heterocycles. The molecule has 21 heavy (non-hydrogen) atoms. The van der Waals surface area contributed by atoms with E-state index in [0.29, 0.717) is 22.9 Å². The minimum absolute atomic E-state index is 0.120. The second kappa shape index (κ2) is 7.38. The maximum atomic E-state index is 11.9. The SMILES string of the molecule is CC#CCC(C(=O)O)(c1ccc(OCC)c(Cl)c1)C(C)C. The van der Waals surface area contributed by atoms with Crippen molar-refractivity contribution in [3.05, 3.63) is 28.8 Å². The van der Waals surface area contributed by atoms with Gasteiger partial charge >= 0.3 is 5.97 Å². The summed E-state index contributed by atoms with van der Waals surface area (Å²) in [5.41, 5.74) is -0.418. The molecule has 114 valence electrons. The number of halogens is 1. The van der Waals surface area contributed by atoms with Crippen molar-refractivity contribution in [3.63, 3.8) is 0 Å². The summed E-state index contributed by atoms with van der Waals surface area (Å²) >= 11 is 6.20. The van der Waals surface area contributed by atoms with E-state index in [9.17, 15) is 9.90 Å². The first-order valence-electron chi connectivity index (χ1n) is 6.96. The molecule has 1 atom stereocenters. The molecule has 1 aromatic carbocycles. The molecule has 1 N–H and O–H groups in total. The Balaban J connectivity index is 3.40. The van der Waals surface area contributed by atoms with E-state index < -0.39 is 11.4 Å². The number of benzene rings is 1. The highest BCUT2D eigenvalue weighted by Crippen LogP contribution is 2.39. The van der Waals surface area contributed by atoms with Crippen LogP contribution in [0.4, 0.5) is 0 Å². The summed E-state index contributed by atoms with van der Waals surface area (Å²) in [5, 5.41) is 10.2. The molecule has 0 saturated carbocycles. The van der Waals surface area contributed by atoms with Crippen molar-refractivity contribution in [2.24, 2.45) is 5.92 Å². The average Bonchev–Trinajstić information content (AvgIpc) is 2.42. The fourth-order valence-electron chi connectivity index (χ4n) is 2.36. The smallest absolute Gasteiger partial charge is 0.315 e. The Bertz CT molecular complexity index is 569. The Labute approximate surface area is 131 Å². The lowest BCUT2D eigenvalue weighted by Gasteiger charge is -2.32. The van der Waals surface area contributed by atoms with Crippen LogP contribution in [0.2, 0.25) is 5.02 Å². The summed E-state index contributed by atoms with van der Waals surface area (Å²) in [5.74, 6) is 5.24. The van der Waals surface area contributed by atoms with Gasteiger partial charge in [-0.2, -0.15) is 0 Å². The van der Waals surface area contributed by atoms with E-state index in [2.05, 4.69) is 11.8 Å². The lowest BCUT2D eigenvalue weighted by molar-refractivity contribution is -0.145. The van der Waals surface area contributed by atoms with Crippen LogP contribution in [0.15, 0.2) is 18.2 Å². The minimum atomic E-state index is -1.07. The third-order valence-electron chi connectivity index (χ3n) is 3.66. The molecule has 1 unspecified atom stereocenters. The fourth-order valence-corrected chi connectivity index (χ4v) is 2.60. The van der Waals surface area contributed by atoms with Gasteiger partial charge in [0.25, 0.3) is 0 Å². The summed E-state index contributed by atoms with van der Waals surface area (Å²) in [6.45, 7) is 7.86. The molecule has 1 aromatic rings. The third kappa shape index (κ3) is 3.51. The molecular weight excluding hydrogens is 288 g/mol. The third-order valence-corrected chi connectivity index (χ3v) is 3.95. The maximum absolute atomic E-state index is 11.9. The van der Waals surface area contributed by atoms with Gasteiger partial charge in [0.1, 0.15) is 11.2 Å². The molecule has 0 saturated heterocycles. The predicted octanol–water partition coefficient (Wildman–Crippen LogP) is 4.13. The molecule has 0 fully saturated rings. The van der Waals surface area contributed by atoms with E-state index in [1.165, 1.54) is 0 Å². The summed E-state index contributed by atoms with van der Waals surface area (Å²) in [6.07, 6.45) is 0.251. The van der Waals surface area contributed by atoms with Gasteiger partial charge in [-0.25, -0.2) is 0 Å². The molecule has 0 aliphatic carbocycles. The second-order valence-corrected chi connectivity index (χ2v) is 5.52. The van der Waals surface area contributed by atoms with Crippen molar-refractivity contribution in [2.75, 3.05) is 6.61 Å². The highest BCUT2D eigenvalue weighted by molar-refractivity contribution is 6.32. The van der Waals surface area contributed by atoms with E-state index in [1.54, 1.807) is 25.1 Å². The van der Waals surface area contributed by atoms with Gasteiger partial charge in [-0.15, -0.1) is 11.8 Å². The van der Waals surface area contributed by atoms with Gasteiger partial charge in [-0.1, -0.05) is 31.5 Å². The molecule has 0 radical (unpaired) electrons. The van der Waals surface area contributed by atoms with Gasteiger partial charge in [0, 0.05) is 6.42 Å². The van der Waals surface area contributed by atoms with Gasteiger partial charge in [-0.3, -0.25) is 4.79 Å². The molecule has 0 aromatic heterocycles. The Kier molecular flexibility index (Phi) is 6.11. The van der Waals surface area contributed by atoms with E-state index >= 15 is 0 Å². The van der Waals surface area contributed by atoms with Crippen LogP contribution in [-0.4, -0.2) is 17.7 Å². The van der Waals surface area contributed by atoms with Crippen LogP contribution in [0, 0.1) is 17.8 Å². The van der Waals surface area contributed by atoms with Crippen LogP contribution in [0.3, 0.4) is 0 Å². The Morgan fingerprint density at radius 1 is 1.48 bits per heavy atom. The Morgan fingerprint density at radius 2 is 2.14 bits per heavy atom. The van der Waals surface area contributed by atoms with Gasteiger partial charge < -0.3 is 9.84 Å². The zero-order valence-electron chi connectivity index (χ0n) is 12.9. The first kappa shape index (κ1) is 17.4. The molecule has 1 rings (SSSR count). The lowest BCUT2D eigenvalue weighted by Crippen LogP contribution is -2.40. The topological polar surface area (TPSA) is 46.5 Å². The minimum Gasteiger partial charge on any atom is -0.492 e. The van der Waals surface area contributed by atoms with Crippen molar-refractivity contribution < 1.29 is 14.6 Å². The highest BCUT2D eigenvalue weighted by Gasteiger charge is 2.43. The molecule has 0 amide bonds. The van der Waals surface area contributed by atoms with Crippen molar-refractivity contribution >= 4 is 17.6 Å². The molecule has 0 aliphatic rings. The van der Waals surface area contributed by atoms with Crippen molar-refractivity contribution in [3.8, 4) is 17.6 Å². The zero-order valence-corrected chi connectivity index (χ0v) is 13.6. The first-order chi connectivity index (χ1) is 9.90. The number of carboxylic acid groups (broad SMARTS) is 1. The molecular formula is C17H21ClO3. The van der Waals surface area contributed by atoms with Crippen LogP contribution in [0.1, 0.15) is 39.7 Å². The second-order valence-electron chi connectivity index (χ2n) is 5.11. The van der Waals surface area contributed by atoms with Crippen LogP contribution in [0.25, 0.3) is 0 Å². The number of hydrogen-bond donors (Lipinski definition) is 1. The van der Waals surface area contributed by atoms with Crippen molar-refractivity contribution in [1.29, 1.82) is 0 Å². The van der Waals surface area contributed by atoms with E-state index in [-0.39, 0.29) is 12.3 Å². The van der Waals surface area contributed by atoms with E-state index in [1.807, 2.05) is 20.8 Å². The van der Waals surface area contributed by atoms with Gasteiger partial charge in [0.05, 0.1) is 11.6 Å². The molecule has 4 heteroatoms. The summed E-state index contributed by atoms with van der Waals surface area (Å²) in [6, 6.07) is 5.17. The maximum Gasteiger partial charge on any atom is 0.315 e. The monoisotopic (exact) mass is 308 g/mol. The van der Waals surface area contributed by atoms with E-state index in [4.69, 9.17) is 16.3 Å². The molecule has 0 spiro atoms. The van der Waals surface area contributed by atoms with Crippen LogP contribution < -0.4 is 4.74 Å². The van der Waals surface area contributed by atoms with Gasteiger partial charge in [0.2, 0.25) is 0 Å². The summed E-state index contributed by atoms with van der Waals surface area (Å²) < 4.78 is 5.40. The number of hydrogen-bond acceptors (Lipinski definition) is 2.